The van der Waals surface area contributed by atoms with Gasteiger partial charge in [0.25, 0.3) is 0 Å². The van der Waals surface area contributed by atoms with Crippen molar-refractivity contribution in [3.63, 3.8) is 0 Å². The Morgan fingerprint density at radius 3 is 2.06 bits per heavy atom. The van der Waals surface area contributed by atoms with Gasteiger partial charge in [0.15, 0.2) is 0 Å². The van der Waals surface area contributed by atoms with Crippen molar-refractivity contribution in [1.29, 1.82) is 0 Å². The number of unbranched alkanes of at least 4 members (excludes halogenated alkanes) is 7. The fourth-order valence-corrected chi connectivity index (χ4v) is 5.77. The van der Waals surface area contributed by atoms with Crippen LogP contribution in [0.25, 0.3) is 11.1 Å². The van der Waals surface area contributed by atoms with Crippen LogP contribution in [0.2, 0.25) is 0 Å². The summed E-state index contributed by atoms with van der Waals surface area (Å²) in [6, 6.07) is 14.2. The predicted molar refractivity (Wildman–Crippen MR) is 146 cm³/mol. The summed E-state index contributed by atoms with van der Waals surface area (Å²) < 4.78 is 0. The van der Waals surface area contributed by atoms with Gasteiger partial charge in [-0.2, -0.15) is 0 Å². The molecule has 1 heteroatoms. The molecular formula is C32H45N. The molecule has 178 valence electrons. The van der Waals surface area contributed by atoms with E-state index in [1.165, 1.54) is 84.7 Å². The van der Waals surface area contributed by atoms with E-state index in [2.05, 4.69) is 75.9 Å². The zero-order chi connectivity index (χ0) is 23.7. The lowest BCUT2D eigenvalue weighted by atomic mass is 9.67. The lowest BCUT2D eigenvalue weighted by molar-refractivity contribution is 0.346. The number of aryl methyl sites for hydroxylation is 2. The standard InChI is InChI=1S/C32H45N/c1-5-7-9-11-12-14-16-22-32(31(33)17-15-13-10-8-6-2)29-23-25(3)18-20-27(29)28-21-19-26(4)24-30(28)32/h5,7,9,18-21,23-24,31H,1,6,8,10-17,22,33H2,2-4H3/b9-7-. The van der Waals surface area contributed by atoms with Crippen molar-refractivity contribution >= 4 is 0 Å². The average molecular weight is 444 g/mol. The largest absolute Gasteiger partial charge is 0.327 e. The second-order valence-corrected chi connectivity index (χ2v) is 10.1. The van der Waals surface area contributed by atoms with Crippen molar-refractivity contribution < 1.29 is 0 Å². The van der Waals surface area contributed by atoms with Gasteiger partial charge in [0.05, 0.1) is 0 Å². The normalized spacial score (nSPS) is 14.9. The van der Waals surface area contributed by atoms with Crippen LogP contribution >= 0.6 is 0 Å². The van der Waals surface area contributed by atoms with Crippen molar-refractivity contribution in [1.82, 2.24) is 0 Å². The summed E-state index contributed by atoms with van der Waals surface area (Å²) in [4.78, 5) is 0. The van der Waals surface area contributed by atoms with Gasteiger partial charge in [0, 0.05) is 11.5 Å². The summed E-state index contributed by atoms with van der Waals surface area (Å²) in [5.74, 6) is 0. The second kappa shape index (κ2) is 12.4. The number of hydrogen-bond donors (Lipinski definition) is 1. The summed E-state index contributed by atoms with van der Waals surface area (Å²) in [6.07, 6.45) is 19.7. The van der Waals surface area contributed by atoms with Gasteiger partial charge in [0.2, 0.25) is 0 Å². The molecule has 1 nitrogen and oxygen atoms in total. The Morgan fingerprint density at radius 1 is 0.848 bits per heavy atom. The third kappa shape index (κ3) is 5.87. The van der Waals surface area contributed by atoms with Gasteiger partial charge < -0.3 is 5.73 Å². The minimum absolute atomic E-state index is 0.0651. The molecule has 2 aromatic carbocycles. The maximum atomic E-state index is 7.22. The van der Waals surface area contributed by atoms with E-state index in [9.17, 15) is 0 Å². The Kier molecular flexibility index (Phi) is 9.56. The molecule has 0 saturated heterocycles. The quantitative estimate of drug-likeness (QED) is 0.229. The van der Waals surface area contributed by atoms with Gasteiger partial charge >= 0.3 is 0 Å². The monoisotopic (exact) mass is 443 g/mol. The summed E-state index contributed by atoms with van der Waals surface area (Å²) in [5.41, 5.74) is 15.6. The molecule has 1 unspecified atom stereocenters. The highest BCUT2D eigenvalue weighted by atomic mass is 14.7. The van der Waals surface area contributed by atoms with Crippen LogP contribution in [0.3, 0.4) is 0 Å². The zero-order valence-electron chi connectivity index (χ0n) is 21.3. The highest BCUT2D eigenvalue weighted by Crippen LogP contribution is 2.54. The molecule has 0 fully saturated rings. The number of nitrogens with two attached hydrogens (primary N) is 1. The molecule has 1 atom stereocenters. The summed E-state index contributed by atoms with van der Waals surface area (Å²) in [7, 11) is 0. The van der Waals surface area contributed by atoms with Crippen LogP contribution in [0.15, 0.2) is 61.2 Å². The van der Waals surface area contributed by atoms with Crippen LogP contribution in [0.5, 0.6) is 0 Å². The number of fused-ring (bicyclic) bond motifs is 3. The van der Waals surface area contributed by atoms with E-state index in [1.807, 2.05) is 6.08 Å². The molecule has 3 rings (SSSR count). The molecule has 2 N–H and O–H groups in total. The number of rotatable bonds is 14. The van der Waals surface area contributed by atoms with Gasteiger partial charge in [-0.15, -0.1) is 0 Å². The van der Waals surface area contributed by atoms with Crippen molar-refractivity contribution in [2.75, 3.05) is 0 Å². The van der Waals surface area contributed by atoms with Gasteiger partial charge in [-0.3, -0.25) is 0 Å². The lowest BCUT2D eigenvalue weighted by Crippen LogP contribution is -2.45. The fourth-order valence-electron chi connectivity index (χ4n) is 5.77. The molecule has 1 aliphatic rings. The van der Waals surface area contributed by atoms with E-state index < -0.39 is 0 Å². The predicted octanol–water partition coefficient (Wildman–Crippen LogP) is 8.95. The van der Waals surface area contributed by atoms with Crippen molar-refractivity contribution in [3.05, 3.63) is 83.5 Å². The van der Waals surface area contributed by atoms with Gasteiger partial charge in [-0.1, -0.05) is 124 Å². The smallest absolute Gasteiger partial charge is 0.0366 e. The van der Waals surface area contributed by atoms with Crippen molar-refractivity contribution in [2.24, 2.45) is 5.73 Å². The molecule has 0 spiro atoms. The Labute approximate surface area is 203 Å². The number of hydrogen-bond acceptors (Lipinski definition) is 1. The molecule has 0 amide bonds. The van der Waals surface area contributed by atoms with E-state index in [4.69, 9.17) is 5.73 Å². The SMILES string of the molecule is C=C/C=C\CCCCCC1(C(N)CCCCCCC)c2cc(C)ccc2-c2ccc(C)cc21. The lowest BCUT2D eigenvalue weighted by Gasteiger charge is -2.38. The first kappa shape index (κ1) is 25.5. The van der Waals surface area contributed by atoms with E-state index in [1.54, 1.807) is 0 Å². The molecule has 1 aliphatic carbocycles. The fraction of sp³-hybridized carbons (Fsp3) is 0.500. The van der Waals surface area contributed by atoms with E-state index >= 15 is 0 Å². The Morgan fingerprint density at radius 2 is 1.45 bits per heavy atom. The highest BCUT2D eigenvalue weighted by Gasteiger charge is 2.46. The minimum atomic E-state index is -0.0651. The Hall–Kier alpha value is -2.12. The van der Waals surface area contributed by atoms with Gasteiger partial charge in [0.1, 0.15) is 0 Å². The first-order chi connectivity index (χ1) is 16.0. The average Bonchev–Trinajstić information content (AvgIpc) is 3.07. The summed E-state index contributed by atoms with van der Waals surface area (Å²) in [6.45, 7) is 10.5. The van der Waals surface area contributed by atoms with Crippen molar-refractivity contribution in [2.45, 2.75) is 103 Å². The van der Waals surface area contributed by atoms with Crippen LogP contribution in [-0.2, 0) is 5.41 Å². The molecule has 2 aromatic rings. The molecule has 0 saturated carbocycles. The maximum Gasteiger partial charge on any atom is 0.0366 e. The second-order valence-electron chi connectivity index (χ2n) is 10.1. The van der Waals surface area contributed by atoms with Crippen LogP contribution < -0.4 is 5.73 Å². The van der Waals surface area contributed by atoms with Gasteiger partial charge in [-0.25, -0.2) is 0 Å². The first-order valence-electron chi connectivity index (χ1n) is 13.3. The third-order valence-electron chi connectivity index (χ3n) is 7.57. The summed E-state index contributed by atoms with van der Waals surface area (Å²) >= 11 is 0. The molecular weight excluding hydrogens is 398 g/mol. The number of benzene rings is 2. The van der Waals surface area contributed by atoms with Crippen LogP contribution in [0, 0.1) is 13.8 Å². The van der Waals surface area contributed by atoms with E-state index in [0.29, 0.717) is 0 Å². The maximum absolute atomic E-state index is 7.22. The van der Waals surface area contributed by atoms with E-state index in [-0.39, 0.29) is 11.5 Å². The molecule has 0 radical (unpaired) electrons. The molecule has 33 heavy (non-hydrogen) atoms. The third-order valence-corrected chi connectivity index (χ3v) is 7.57. The van der Waals surface area contributed by atoms with E-state index in [0.717, 1.165) is 19.3 Å². The molecule has 0 aromatic heterocycles. The minimum Gasteiger partial charge on any atom is -0.327 e. The Bertz CT molecular complexity index is 884. The van der Waals surface area contributed by atoms with Crippen molar-refractivity contribution in [3.8, 4) is 11.1 Å². The summed E-state index contributed by atoms with van der Waals surface area (Å²) in [5, 5.41) is 0. The van der Waals surface area contributed by atoms with Crippen LogP contribution in [0.1, 0.15) is 99.8 Å². The Balaban J connectivity index is 1.90. The highest BCUT2D eigenvalue weighted by molar-refractivity contribution is 5.82. The molecule has 0 aliphatic heterocycles. The number of allylic oxidation sites excluding steroid dienone is 3. The first-order valence-corrected chi connectivity index (χ1v) is 13.3. The van der Waals surface area contributed by atoms with Crippen LogP contribution in [-0.4, -0.2) is 6.04 Å². The van der Waals surface area contributed by atoms with Crippen LogP contribution in [0.4, 0.5) is 0 Å². The molecule has 0 heterocycles. The molecule has 0 bridgehead atoms. The zero-order valence-corrected chi connectivity index (χ0v) is 21.3. The van der Waals surface area contributed by atoms with Gasteiger partial charge in [-0.05, 0) is 61.8 Å². The topological polar surface area (TPSA) is 26.0 Å².